The molecule has 0 saturated carbocycles. The van der Waals surface area contributed by atoms with Gasteiger partial charge in [-0.15, -0.1) is 0 Å². The average Bonchev–Trinajstić information content (AvgIpc) is 2.50. The van der Waals surface area contributed by atoms with Gasteiger partial charge in [-0.05, 0) is 39.3 Å². The zero-order chi connectivity index (χ0) is 17.6. The number of pyridine rings is 1. The van der Waals surface area contributed by atoms with Crippen molar-refractivity contribution in [2.24, 2.45) is 0 Å². The van der Waals surface area contributed by atoms with E-state index in [-0.39, 0.29) is 6.09 Å². The van der Waals surface area contributed by atoms with Crippen LogP contribution in [0.15, 0.2) is 12.3 Å². The van der Waals surface area contributed by atoms with Crippen molar-refractivity contribution < 1.29 is 9.53 Å². The predicted molar refractivity (Wildman–Crippen MR) is 95.4 cm³/mol. The van der Waals surface area contributed by atoms with Gasteiger partial charge >= 0.3 is 6.09 Å². The number of rotatable bonds is 1. The first-order valence-electron chi connectivity index (χ1n) is 8.11. The molecule has 1 fully saturated rings. The van der Waals surface area contributed by atoms with Crippen LogP contribution in [-0.4, -0.2) is 47.8 Å². The number of aryl methyl sites for hydroxylation is 1. The SMILES string of the molecule is CC.Cc1cc(N2CCN(C(=O)OC(C)(C)C)CC2)cnc1Cl. The predicted octanol–water partition coefficient (Wildman–Crippen LogP) is 4.13. The molecular weight excluding hydrogens is 314 g/mol. The highest BCUT2D eigenvalue weighted by Gasteiger charge is 2.26. The molecule has 1 aliphatic heterocycles. The van der Waals surface area contributed by atoms with Crippen LogP contribution in [0.25, 0.3) is 0 Å². The van der Waals surface area contributed by atoms with Crippen LogP contribution >= 0.6 is 11.6 Å². The first kappa shape index (κ1) is 19.6. The van der Waals surface area contributed by atoms with Gasteiger partial charge in [-0.1, -0.05) is 25.4 Å². The van der Waals surface area contributed by atoms with Crippen LogP contribution in [0.3, 0.4) is 0 Å². The summed E-state index contributed by atoms with van der Waals surface area (Å²) in [6.07, 6.45) is 1.53. The molecule has 0 unspecified atom stereocenters. The Kier molecular flexibility index (Phi) is 7.13. The molecule has 130 valence electrons. The van der Waals surface area contributed by atoms with Crippen LogP contribution in [0.4, 0.5) is 10.5 Å². The Labute approximate surface area is 144 Å². The van der Waals surface area contributed by atoms with Crippen LogP contribution in [0, 0.1) is 6.92 Å². The van der Waals surface area contributed by atoms with E-state index in [9.17, 15) is 4.79 Å². The summed E-state index contributed by atoms with van der Waals surface area (Å²) in [7, 11) is 0. The van der Waals surface area contributed by atoms with E-state index in [4.69, 9.17) is 16.3 Å². The summed E-state index contributed by atoms with van der Waals surface area (Å²) in [6.45, 7) is 14.4. The minimum atomic E-state index is -0.453. The maximum Gasteiger partial charge on any atom is 0.410 e. The molecular formula is C17H28ClN3O2. The molecule has 0 bridgehead atoms. The maximum atomic E-state index is 12.0. The number of halogens is 1. The summed E-state index contributed by atoms with van der Waals surface area (Å²) in [6, 6.07) is 2.03. The van der Waals surface area contributed by atoms with E-state index in [1.165, 1.54) is 0 Å². The van der Waals surface area contributed by atoms with Crippen LogP contribution in [-0.2, 0) is 4.74 Å². The quantitative estimate of drug-likeness (QED) is 0.720. The summed E-state index contributed by atoms with van der Waals surface area (Å²) in [5.74, 6) is 0. The van der Waals surface area contributed by atoms with Crippen molar-refractivity contribution in [2.75, 3.05) is 31.1 Å². The van der Waals surface area contributed by atoms with Crippen molar-refractivity contribution in [3.8, 4) is 0 Å². The topological polar surface area (TPSA) is 45.7 Å². The highest BCUT2D eigenvalue weighted by Crippen LogP contribution is 2.21. The van der Waals surface area contributed by atoms with E-state index in [0.29, 0.717) is 18.2 Å². The molecule has 0 radical (unpaired) electrons. The first-order valence-corrected chi connectivity index (χ1v) is 8.49. The molecule has 1 aromatic heterocycles. The second-order valence-corrected chi connectivity index (χ2v) is 6.61. The van der Waals surface area contributed by atoms with Crippen molar-refractivity contribution in [2.45, 2.75) is 47.1 Å². The summed E-state index contributed by atoms with van der Waals surface area (Å²) in [5.41, 5.74) is 1.55. The lowest BCUT2D eigenvalue weighted by molar-refractivity contribution is 0.0240. The smallest absolute Gasteiger partial charge is 0.410 e. The fourth-order valence-electron chi connectivity index (χ4n) is 2.19. The van der Waals surface area contributed by atoms with Gasteiger partial charge in [0.15, 0.2) is 0 Å². The minimum Gasteiger partial charge on any atom is -0.444 e. The fraction of sp³-hybridized carbons (Fsp3) is 0.647. The molecule has 6 heteroatoms. The van der Waals surface area contributed by atoms with Gasteiger partial charge in [-0.2, -0.15) is 0 Å². The lowest BCUT2D eigenvalue weighted by atomic mass is 10.2. The van der Waals surface area contributed by atoms with Gasteiger partial charge in [0, 0.05) is 26.2 Å². The number of piperazine rings is 1. The third-order valence-corrected chi connectivity index (χ3v) is 3.69. The monoisotopic (exact) mass is 341 g/mol. The van der Waals surface area contributed by atoms with Gasteiger partial charge in [-0.3, -0.25) is 0 Å². The van der Waals surface area contributed by atoms with Gasteiger partial charge in [0.2, 0.25) is 0 Å². The number of carbonyl (C=O) groups excluding carboxylic acids is 1. The third kappa shape index (κ3) is 5.90. The number of carbonyl (C=O) groups is 1. The fourth-order valence-corrected chi connectivity index (χ4v) is 2.29. The summed E-state index contributed by atoms with van der Waals surface area (Å²) in [5, 5.41) is 0.533. The Bertz CT molecular complexity index is 521. The van der Waals surface area contributed by atoms with Crippen LogP contribution < -0.4 is 4.90 Å². The average molecular weight is 342 g/mol. The van der Waals surface area contributed by atoms with Gasteiger partial charge in [-0.25, -0.2) is 9.78 Å². The van der Waals surface area contributed by atoms with Crippen LogP contribution in [0.5, 0.6) is 0 Å². The summed E-state index contributed by atoms with van der Waals surface area (Å²) in [4.78, 5) is 20.1. The molecule has 5 nitrogen and oxygen atoms in total. The molecule has 0 N–H and O–H groups in total. The highest BCUT2D eigenvalue weighted by molar-refractivity contribution is 6.30. The number of nitrogens with zero attached hydrogens (tertiary/aromatic N) is 3. The van der Waals surface area contributed by atoms with Gasteiger partial charge in [0.05, 0.1) is 11.9 Å². The molecule has 2 rings (SSSR count). The number of anilines is 1. The summed E-state index contributed by atoms with van der Waals surface area (Å²) >= 11 is 5.95. The molecule has 1 aliphatic rings. The second-order valence-electron chi connectivity index (χ2n) is 6.26. The number of hydrogen-bond donors (Lipinski definition) is 0. The minimum absolute atomic E-state index is 0.243. The van der Waals surface area contributed by atoms with E-state index in [1.807, 2.05) is 47.6 Å². The molecule has 23 heavy (non-hydrogen) atoms. The standard InChI is InChI=1S/C15H22ClN3O2.C2H6/c1-11-9-12(10-17-13(11)16)18-5-7-19(8-6-18)14(20)21-15(2,3)4;1-2/h9-10H,5-8H2,1-4H3;1-2H3. The zero-order valence-corrected chi connectivity index (χ0v) is 15.8. The molecule has 1 amide bonds. The van der Waals surface area contributed by atoms with Gasteiger partial charge in [0.1, 0.15) is 10.8 Å². The van der Waals surface area contributed by atoms with Crippen LogP contribution in [0.1, 0.15) is 40.2 Å². The number of hydrogen-bond acceptors (Lipinski definition) is 4. The van der Waals surface area contributed by atoms with E-state index in [0.717, 1.165) is 24.3 Å². The van der Waals surface area contributed by atoms with E-state index >= 15 is 0 Å². The normalized spacial score (nSPS) is 14.9. The zero-order valence-electron chi connectivity index (χ0n) is 15.0. The summed E-state index contributed by atoms with van der Waals surface area (Å²) < 4.78 is 5.39. The lowest BCUT2D eigenvalue weighted by Crippen LogP contribution is -2.50. The Balaban J connectivity index is 0.00000127. The van der Waals surface area contributed by atoms with Crippen molar-refractivity contribution in [3.05, 3.63) is 23.0 Å². The second kappa shape index (κ2) is 8.39. The number of aromatic nitrogens is 1. The maximum absolute atomic E-state index is 12.0. The molecule has 0 atom stereocenters. The van der Waals surface area contributed by atoms with Crippen LogP contribution in [0.2, 0.25) is 5.15 Å². The molecule has 0 spiro atoms. The highest BCUT2D eigenvalue weighted by atomic mass is 35.5. The molecule has 0 aliphatic carbocycles. The Morgan fingerprint density at radius 3 is 2.26 bits per heavy atom. The lowest BCUT2D eigenvalue weighted by Gasteiger charge is -2.36. The Morgan fingerprint density at radius 1 is 1.22 bits per heavy atom. The molecule has 0 aromatic carbocycles. The third-order valence-electron chi connectivity index (χ3n) is 3.30. The van der Waals surface area contributed by atoms with Crippen molar-refractivity contribution in [3.63, 3.8) is 0 Å². The van der Waals surface area contributed by atoms with E-state index in [2.05, 4.69) is 9.88 Å². The van der Waals surface area contributed by atoms with Gasteiger partial charge < -0.3 is 14.5 Å². The first-order chi connectivity index (χ1) is 10.8. The number of amides is 1. The molecule has 1 aromatic rings. The Hall–Kier alpha value is -1.49. The van der Waals surface area contributed by atoms with E-state index < -0.39 is 5.60 Å². The number of ether oxygens (including phenoxy) is 1. The molecule has 1 saturated heterocycles. The van der Waals surface area contributed by atoms with Gasteiger partial charge in [0.25, 0.3) is 0 Å². The molecule has 2 heterocycles. The van der Waals surface area contributed by atoms with Crippen molar-refractivity contribution in [1.29, 1.82) is 0 Å². The van der Waals surface area contributed by atoms with E-state index in [1.54, 1.807) is 11.1 Å². The van der Waals surface area contributed by atoms with Crippen molar-refractivity contribution in [1.82, 2.24) is 9.88 Å². The largest absolute Gasteiger partial charge is 0.444 e. The van der Waals surface area contributed by atoms with Crippen molar-refractivity contribution >= 4 is 23.4 Å². The Morgan fingerprint density at radius 2 is 1.78 bits per heavy atom.